The molecule has 0 radical (unpaired) electrons. The van der Waals surface area contributed by atoms with Crippen molar-refractivity contribution >= 4 is 34.4 Å². The fraction of sp³-hybridized carbons (Fsp3) is 0.550. The van der Waals surface area contributed by atoms with E-state index in [1.165, 1.54) is 11.8 Å². The minimum absolute atomic E-state index is 0.0237. The summed E-state index contributed by atoms with van der Waals surface area (Å²) in [4.78, 5) is 39.2. The second-order valence-corrected chi connectivity index (χ2v) is 7.99. The summed E-state index contributed by atoms with van der Waals surface area (Å²) in [5.74, 6) is 1.01. The molecule has 2 amide bonds. The van der Waals surface area contributed by atoms with E-state index < -0.39 is 0 Å². The number of anilines is 1. The average Bonchev–Trinajstić information content (AvgIpc) is 2.65. The van der Waals surface area contributed by atoms with E-state index in [9.17, 15) is 14.4 Å². The summed E-state index contributed by atoms with van der Waals surface area (Å²) in [7, 11) is 0. The number of carbonyl (C=O) groups is 3. The molecule has 148 valence electrons. The summed E-state index contributed by atoms with van der Waals surface area (Å²) >= 11 is 1.35. The molecule has 1 fully saturated rings. The Balaban J connectivity index is 1.58. The Hall–Kier alpha value is -1.86. The van der Waals surface area contributed by atoms with Gasteiger partial charge in [0, 0.05) is 51.0 Å². The first-order valence-electron chi connectivity index (χ1n) is 9.53. The molecule has 2 rings (SSSR count). The molecule has 1 aromatic carbocycles. The predicted molar refractivity (Wildman–Crippen MR) is 110 cm³/mol. The maximum absolute atomic E-state index is 12.3. The summed E-state index contributed by atoms with van der Waals surface area (Å²) in [6.45, 7) is 4.74. The maximum atomic E-state index is 12.3. The van der Waals surface area contributed by atoms with Crippen LogP contribution < -0.4 is 5.32 Å². The van der Waals surface area contributed by atoms with Crippen molar-refractivity contribution in [3.05, 3.63) is 30.3 Å². The predicted octanol–water partition coefficient (Wildman–Crippen LogP) is 2.61. The minimum Gasteiger partial charge on any atom is -0.340 e. The lowest BCUT2D eigenvalue weighted by molar-refractivity contribution is -0.133. The molecule has 7 heteroatoms. The highest BCUT2D eigenvalue weighted by atomic mass is 32.2. The number of unbranched alkanes of at least 4 members (excludes halogenated alkanes) is 2. The van der Waals surface area contributed by atoms with Gasteiger partial charge in [-0.3, -0.25) is 19.3 Å². The van der Waals surface area contributed by atoms with Crippen LogP contribution in [0.1, 0.15) is 32.6 Å². The lowest BCUT2D eigenvalue weighted by Crippen LogP contribution is -2.50. The molecule has 1 aromatic rings. The van der Waals surface area contributed by atoms with Crippen molar-refractivity contribution in [2.75, 3.05) is 43.8 Å². The smallest absolute Gasteiger partial charge is 0.238 e. The molecular weight excluding hydrogens is 362 g/mol. The van der Waals surface area contributed by atoms with Crippen LogP contribution >= 0.6 is 11.8 Å². The van der Waals surface area contributed by atoms with Gasteiger partial charge in [-0.25, -0.2) is 0 Å². The number of nitrogens with one attached hydrogen (secondary N) is 1. The summed E-state index contributed by atoms with van der Waals surface area (Å²) < 4.78 is 0. The Morgan fingerprint density at radius 2 is 1.70 bits per heavy atom. The Labute approximate surface area is 165 Å². The highest BCUT2D eigenvalue weighted by molar-refractivity contribution is 8.13. The van der Waals surface area contributed by atoms with E-state index in [0.717, 1.165) is 43.8 Å². The van der Waals surface area contributed by atoms with Crippen LogP contribution in [0.5, 0.6) is 0 Å². The minimum atomic E-state index is -0.0237. The summed E-state index contributed by atoms with van der Waals surface area (Å²) in [5.41, 5.74) is 0.804. The van der Waals surface area contributed by atoms with Crippen molar-refractivity contribution in [1.82, 2.24) is 9.80 Å². The molecule has 1 aliphatic heterocycles. The molecule has 0 saturated carbocycles. The molecule has 0 spiro atoms. The summed E-state index contributed by atoms with van der Waals surface area (Å²) in [6, 6.07) is 9.43. The van der Waals surface area contributed by atoms with Crippen LogP contribution in [0.15, 0.2) is 30.3 Å². The standard InChI is InChI=1S/C20H29N3O3S/c1-17(24)27-15-7-3-6-10-20(26)23-13-11-22(12-14-23)16-19(25)21-18-8-4-2-5-9-18/h2,4-5,8-9H,3,6-7,10-16H2,1H3,(H,21,25). The zero-order chi connectivity index (χ0) is 19.5. The van der Waals surface area contributed by atoms with Crippen molar-refractivity contribution in [2.24, 2.45) is 0 Å². The summed E-state index contributed by atoms with van der Waals surface area (Å²) in [6.07, 6.45) is 3.39. The van der Waals surface area contributed by atoms with Crippen molar-refractivity contribution in [3.63, 3.8) is 0 Å². The van der Waals surface area contributed by atoms with Gasteiger partial charge in [0.05, 0.1) is 6.54 Å². The van der Waals surface area contributed by atoms with E-state index in [4.69, 9.17) is 0 Å². The summed E-state index contributed by atoms with van der Waals surface area (Å²) in [5, 5.41) is 3.04. The molecule has 1 aliphatic rings. The molecule has 0 atom stereocenters. The van der Waals surface area contributed by atoms with Gasteiger partial charge in [0.15, 0.2) is 5.12 Å². The van der Waals surface area contributed by atoms with Gasteiger partial charge in [0.2, 0.25) is 11.8 Å². The van der Waals surface area contributed by atoms with Crippen LogP contribution in [0.25, 0.3) is 0 Å². The molecule has 1 N–H and O–H groups in total. The zero-order valence-electron chi connectivity index (χ0n) is 16.0. The fourth-order valence-corrected chi connectivity index (χ4v) is 3.65. The Bertz CT molecular complexity index is 616. The van der Waals surface area contributed by atoms with E-state index in [0.29, 0.717) is 26.1 Å². The van der Waals surface area contributed by atoms with Crippen molar-refractivity contribution in [1.29, 1.82) is 0 Å². The highest BCUT2D eigenvalue weighted by Gasteiger charge is 2.22. The monoisotopic (exact) mass is 391 g/mol. The molecular formula is C20H29N3O3S. The molecule has 0 bridgehead atoms. The van der Waals surface area contributed by atoms with Crippen LogP contribution in [0, 0.1) is 0 Å². The largest absolute Gasteiger partial charge is 0.340 e. The lowest BCUT2D eigenvalue weighted by atomic mass is 10.2. The molecule has 27 heavy (non-hydrogen) atoms. The van der Waals surface area contributed by atoms with E-state index in [2.05, 4.69) is 10.2 Å². The molecule has 0 aromatic heterocycles. The number of amides is 2. The Kier molecular flexibility index (Phi) is 9.35. The third-order valence-electron chi connectivity index (χ3n) is 4.49. The quantitative estimate of drug-likeness (QED) is 0.655. The van der Waals surface area contributed by atoms with Crippen LogP contribution in [-0.2, 0) is 14.4 Å². The van der Waals surface area contributed by atoms with Crippen molar-refractivity contribution in [3.8, 4) is 0 Å². The molecule has 0 aliphatic carbocycles. The van der Waals surface area contributed by atoms with Crippen LogP contribution in [0.4, 0.5) is 5.69 Å². The van der Waals surface area contributed by atoms with Gasteiger partial charge in [0.25, 0.3) is 0 Å². The second kappa shape index (κ2) is 11.8. The fourth-order valence-electron chi connectivity index (χ4n) is 3.01. The third-order valence-corrected chi connectivity index (χ3v) is 5.39. The molecule has 1 heterocycles. The van der Waals surface area contributed by atoms with Gasteiger partial charge in [-0.2, -0.15) is 0 Å². The first-order valence-corrected chi connectivity index (χ1v) is 10.5. The van der Waals surface area contributed by atoms with Crippen molar-refractivity contribution in [2.45, 2.75) is 32.6 Å². The Morgan fingerprint density at radius 1 is 1.00 bits per heavy atom. The highest BCUT2D eigenvalue weighted by Crippen LogP contribution is 2.11. The first kappa shape index (κ1) is 21.4. The van der Waals surface area contributed by atoms with Gasteiger partial charge >= 0.3 is 0 Å². The number of rotatable bonds is 9. The topological polar surface area (TPSA) is 69.7 Å². The lowest BCUT2D eigenvalue weighted by Gasteiger charge is -2.34. The molecule has 0 unspecified atom stereocenters. The van der Waals surface area contributed by atoms with Crippen LogP contribution in [0.2, 0.25) is 0 Å². The van der Waals surface area contributed by atoms with Gasteiger partial charge in [-0.1, -0.05) is 36.4 Å². The van der Waals surface area contributed by atoms with Gasteiger partial charge in [-0.05, 0) is 25.0 Å². The van der Waals surface area contributed by atoms with E-state index in [1.807, 2.05) is 35.2 Å². The number of thioether (sulfide) groups is 1. The molecule has 6 nitrogen and oxygen atoms in total. The zero-order valence-corrected chi connectivity index (χ0v) is 16.8. The van der Waals surface area contributed by atoms with Gasteiger partial charge < -0.3 is 10.2 Å². The Morgan fingerprint density at radius 3 is 2.37 bits per heavy atom. The number of hydrogen-bond acceptors (Lipinski definition) is 5. The maximum Gasteiger partial charge on any atom is 0.238 e. The van der Waals surface area contributed by atoms with Crippen LogP contribution in [-0.4, -0.2) is 65.2 Å². The van der Waals surface area contributed by atoms with Gasteiger partial charge in [0.1, 0.15) is 0 Å². The molecule has 1 saturated heterocycles. The van der Waals surface area contributed by atoms with E-state index >= 15 is 0 Å². The van der Waals surface area contributed by atoms with Crippen molar-refractivity contribution < 1.29 is 14.4 Å². The number of piperazine rings is 1. The third kappa shape index (κ3) is 8.58. The average molecular weight is 392 g/mol. The first-order chi connectivity index (χ1) is 13.0. The number of nitrogens with zero attached hydrogens (tertiary/aromatic N) is 2. The van der Waals surface area contributed by atoms with Crippen LogP contribution in [0.3, 0.4) is 0 Å². The van der Waals surface area contributed by atoms with Gasteiger partial charge in [-0.15, -0.1) is 0 Å². The normalized spacial score (nSPS) is 14.8. The number of para-hydroxylation sites is 1. The number of hydrogen-bond donors (Lipinski definition) is 1. The SMILES string of the molecule is CC(=O)SCCCCCC(=O)N1CCN(CC(=O)Nc2ccccc2)CC1. The number of carbonyl (C=O) groups excluding carboxylic acids is 3. The second-order valence-electron chi connectivity index (χ2n) is 6.72. The van der Waals surface area contributed by atoms with E-state index in [-0.39, 0.29) is 16.9 Å². The number of benzene rings is 1. The van der Waals surface area contributed by atoms with E-state index in [1.54, 1.807) is 6.92 Å².